The van der Waals surface area contributed by atoms with Gasteiger partial charge in [0.1, 0.15) is 0 Å². The zero-order valence-corrected chi connectivity index (χ0v) is 19.8. The van der Waals surface area contributed by atoms with Crippen LogP contribution < -0.4 is 10.1 Å². The summed E-state index contributed by atoms with van der Waals surface area (Å²) >= 11 is 0. The van der Waals surface area contributed by atoms with Gasteiger partial charge >= 0.3 is 12.2 Å². The number of hydrogen-bond acceptors (Lipinski definition) is 5. The molecule has 0 aromatic carbocycles. The second-order valence-electron chi connectivity index (χ2n) is 8.84. The maximum absolute atomic E-state index is 12.9. The highest BCUT2D eigenvalue weighted by atomic mass is 19.4. The number of halogens is 3. The zero-order chi connectivity index (χ0) is 25.0. The summed E-state index contributed by atoms with van der Waals surface area (Å²) in [4.78, 5) is 27.8. The van der Waals surface area contributed by atoms with Gasteiger partial charge < -0.3 is 19.4 Å². The molecule has 0 saturated heterocycles. The van der Waals surface area contributed by atoms with Crippen LogP contribution in [0, 0.1) is 0 Å². The van der Waals surface area contributed by atoms with Crippen LogP contribution in [0.25, 0.3) is 16.9 Å². The number of rotatable bonds is 2. The lowest BCUT2D eigenvalue weighted by molar-refractivity contribution is -0.136. The van der Waals surface area contributed by atoms with E-state index in [1.807, 2.05) is 35.9 Å². The molecule has 1 N–H and O–H groups in total. The average molecular weight is 491 g/mol. The third-order valence-corrected chi connectivity index (χ3v) is 6.29. The summed E-state index contributed by atoms with van der Waals surface area (Å²) in [6, 6.07) is 2.26. The van der Waals surface area contributed by atoms with Crippen molar-refractivity contribution in [2.24, 2.45) is 0 Å². The molecule has 188 valence electrons. The fraction of sp³-hybridized carbons (Fsp3) is 0.500. The van der Waals surface area contributed by atoms with Crippen LogP contribution >= 0.6 is 0 Å². The summed E-state index contributed by atoms with van der Waals surface area (Å²) < 4.78 is 46.4. The lowest BCUT2D eigenvalue weighted by Gasteiger charge is -2.28. The molecule has 0 saturated carbocycles. The molecular formula is C24H29F3N6O2. The van der Waals surface area contributed by atoms with Crippen LogP contribution in [0.1, 0.15) is 57.2 Å². The number of carbonyl (C=O) groups excluding carboxylic acids is 1. The molecule has 2 atom stereocenters. The minimum Gasteiger partial charge on any atom is -0.475 e. The fourth-order valence-corrected chi connectivity index (χ4v) is 4.09. The Labute approximate surface area is 201 Å². The molecule has 0 spiro atoms. The topological polar surface area (TPSA) is 84.6 Å². The van der Waals surface area contributed by atoms with Crippen molar-refractivity contribution in [1.29, 1.82) is 0 Å². The first-order chi connectivity index (χ1) is 16.7. The summed E-state index contributed by atoms with van der Waals surface area (Å²) in [7, 11) is 1.62. The minimum atomic E-state index is -4.27. The van der Waals surface area contributed by atoms with Crippen LogP contribution in [0.2, 0.25) is 0 Å². The van der Waals surface area contributed by atoms with E-state index in [1.54, 1.807) is 19.4 Å². The number of fused-ring (bicyclic) bond motifs is 7. The molecule has 11 heteroatoms. The van der Waals surface area contributed by atoms with Gasteiger partial charge in [0.15, 0.2) is 0 Å². The van der Waals surface area contributed by atoms with E-state index in [0.29, 0.717) is 48.8 Å². The molecule has 1 aliphatic rings. The number of nitrogens with zero attached hydrogens (tertiary/aromatic N) is 5. The Morgan fingerprint density at radius 2 is 2.03 bits per heavy atom. The van der Waals surface area contributed by atoms with Crippen molar-refractivity contribution in [2.75, 3.05) is 13.7 Å². The number of ether oxygens (including phenoxy) is 1. The van der Waals surface area contributed by atoms with Crippen molar-refractivity contribution < 1.29 is 22.7 Å². The van der Waals surface area contributed by atoms with E-state index in [-0.39, 0.29) is 6.42 Å². The zero-order valence-electron chi connectivity index (χ0n) is 19.8. The number of amides is 2. The van der Waals surface area contributed by atoms with Crippen molar-refractivity contribution in [3.8, 4) is 17.1 Å². The van der Waals surface area contributed by atoms with Crippen molar-refractivity contribution >= 4 is 11.7 Å². The normalized spacial score (nSPS) is 20.3. The van der Waals surface area contributed by atoms with Gasteiger partial charge in [0.05, 0.1) is 24.0 Å². The molecule has 8 nitrogen and oxygen atoms in total. The number of imidazole rings is 1. The van der Waals surface area contributed by atoms with Crippen molar-refractivity contribution in [1.82, 2.24) is 29.6 Å². The molecule has 4 heterocycles. The Morgan fingerprint density at radius 3 is 2.83 bits per heavy atom. The molecule has 2 unspecified atom stereocenters. The predicted octanol–water partition coefficient (Wildman–Crippen LogP) is 5.16. The van der Waals surface area contributed by atoms with E-state index in [2.05, 4.69) is 20.3 Å². The van der Waals surface area contributed by atoms with Crippen LogP contribution in [0.4, 0.5) is 18.0 Å². The van der Waals surface area contributed by atoms with E-state index in [9.17, 15) is 18.0 Å². The van der Waals surface area contributed by atoms with Gasteiger partial charge in [-0.05, 0) is 44.7 Å². The summed E-state index contributed by atoms with van der Waals surface area (Å²) in [5.41, 5.74) is 2.70. The average Bonchev–Trinajstić information content (AvgIpc) is 3.31. The van der Waals surface area contributed by atoms with E-state index >= 15 is 0 Å². The van der Waals surface area contributed by atoms with Gasteiger partial charge in [-0.3, -0.25) is 4.98 Å². The van der Waals surface area contributed by atoms with Crippen molar-refractivity contribution in [2.45, 2.75) is 63.7 Å². The highest BCUT2D eigenvalue weighted by molar-refractivity contribution is 5.74. The van der Waals surface area contributed by atoms with E-state index < -0.39 is 30.7 Å². The maximum atomic E-state index is 12.9. The fourth-order valence-electron chi connectivity index (χ4n) is 4.09. The summed E-state index contributed by atoms with van der Waals surface area (Å²) in [5.74, 6) is 0.417. The number of carbonyl (C=O) groups is 1. The third kappa shape index (κ3) is 6.20. The molecule has 0 radical (unpaired) electrons. The molecule has 35 heavy (non-hydrogen) atoms. The van der Waals surface area contributed by atoms with Crippen LogP contribution in [-0.2, 0) is 0 Å². The predicted molar refractivity (Wildman–Crippen MR) is 124 cm³/mol. The molecule has 2 amide bonds. The van der Waals surface area contributed by atoms with E-state index in [4.69, 9.17) is 4.74 Å². The lowest BCUT2D eigenvalue weighted by Crippen LogP contribution is -2.44. The number of hydrogen-bond donors (Lipinski definition) is 1. The summed E-state index contributed by atoms with van der Waals surface area (Å²) in [6.07, 6.45) is 4.21. The number of urea groups is 1. The van der Waals surface area contributed by atoms with Gasteiger partial charge in [-0.1, -0.05) is 6.42 Å². The SMILES string of the molecule is CC1c2cc(ccn2)-c2cn3ccnc3c(n2)OCCCCCC(CCC(F)(F)F)NC(=O)N1C. The minimum absolute atomic E-state index is 0.157. The first-order valence-corrected chi connectivity index (χ1v) is 11.7. The Hall–Kier alpha value is -3.37. The van der Waals surface area contributed by atoms with Crippen LogP contribution in [-0.4, -0.2) is 56.2 Å². The Morgan fingerprint density at radius 1 is 1.20 bits per heavy atom. The van der Waals surface area contributed by atoms with Gasteiger partial charge in [-0.2, -0.15) is 13.2 Å². The van der Waals surface area contributed by atoms with Gasteiger partial charge in [0.25, 0.3) is 5.88 Å². The Bertz CT molecular complexity index is 1170. The Kier molecular flexibility index (Phi) is 7.42. The molecular weight excluding hydrogens is 461 g/mol. The van der Waals surface area contributed by atoms with E-state index in [1.165, 1.54) is 4.90 Å². The number of aromatic nitrogens is 4. The quantitative estimate of drug-likeness (QED) is 0.537. The molecule has 4 rings (SSSR count). The summed E-state index contributed by atoms with van der Waals surface area (Å²) in [6.45, 7) is 2.23. The van der Waals surface area contributed by atoms with Crippen LogP contribution in [0.15, 0.2) is 36.9 Å². The highest BCUT2D eigenvalue weighted by Crippen LogP contribution is 2.27. The molecule has 1 aliphatic heterocycles. The van der Waals surface area contributed by atoms with Crippen LogP contribution in [0.5, 0.6) is 5.88 Å². The smallest absolute Gasteiger partial charge is 0.389 e. The number of nitrogens with one attached hydrogen (secondary N) is 1. The molecule has 4 bridgehead atoms. The first kappa shape index (κ1) is 24.7. The first-order valence-electron chi connectivity index (χ1n) is 11.7. The van der Waals surface area contributed by atoms with E-state index in [0.717, 1.165) is 12.0 Å². The standard InChI is InChI=1S/C24H29F3N6O2/c1-16-19-14-17(8-10-28-19)20-15-33-12-11-29-21(33)22(31-20)35-13-5-3-4-6-18(7-9-24(25,26)27)30-23(34)32(16)2/h8,10-12,14-16,18H,3-7,9,13H2,1-2H3,(H,30,34). The lowest BCUT2D eigenvalue weighted by atomic mass is 10.0. The molecule has 3 aromatic heterocycles. The second-order valence-corrected chi connectivity index (χ2v) is 8.84. The van der Waals surface area contributed by atoms with Gasteiger partial charge in [0, 0.05) is 49.9 Å². The second kappa shape index (κ2) is 10.5. The van der Waals surface area contributed by atoms with Gasteiger partial charge in [0.2, 0.25) is 5.65 Å². The summed E-state index contributed by atoms with van der Waals surface area (Å²) in [5, 5.41) is 2.80. The van der Waals surface area contributed by atoms with Crippen LogP contribution in [0.3, 0.4) is 0 Å². The van der Waals surface area contributed by atoms with Crippen molar-refractivity contribution in [3.05, 3.63) is 42.6 Å². The largest absolute Gasteiger partial charge is 0.475 e. The molecule has 0 fully saturated rings. The van der Waals surface area contributed by atoms with Crippen molar-refractivity contribution in [3.63, 3.8) is 0 Å². The highest BCUT2D eigenvalue weighted by Gasteiger charge is 2.29. The Balaban J connectivity index is 1.64. The maximum Gasteiger partial charge on any atom is 0.389 e. The number of alkyl halides is 3. The van der Waals surface area contributed by atoms with Gasteiger partial charge in [-0.15, -0.1) is 0 Å². The number of pyridine rings is 1. The monoisotopic (exact) mass is 490 g/mol. The molecule has 3 aromatic rings. The third-order valence-electron chi connectivity index (χ3n) is 6.29. The van der Waals surface area contributed by atoms with Gasteiger partial charge in [-0.25, -0.2) is 14.8 Å². The molecule has 0 aliphatic carbocycles.